The van der Waals surface area contributed by atoms with Crippen LogP contribution in [0.3, 0.4) is 0 Å². The van der Waals surface area contributed by atoms with E-state index in [-0.39, 0.29) is 17.5 Å². The monoisotopic (exact) mass is 266 g/mol. The zero-order valence-electron chi connectivity index (χ0n) is 12.2. The summed E-state index contributed by atoms with van der Waals surface area (Å²) in [7, 11) is 0. The first-order valence-corrected chi connectivity index (χ1v) is 7.06. The second-order valence-corrected chi connectivity index (χ2v) is 4.82. The van der Waals surface area contributed by atoms with Gasteiger partial charge in [-0.15, -0.1) is 0 Å². The molecule has 0 saturated carbocycles. The Labute approximate surface area is 116 Å². The molecule has 1 rings (SSSR count). The molecule has 19 heavy (non-hydrogen) atoms. The van der Waals surface area contributed by atoms with Crippen LogP contribution in [-0.2, 0) is 0 Å². The van der Waals surface area contributed by atoms with Gasteiger partial charge in [-0.1, -0.05) is 19.9 Å². The summed E-state index contributed by atoms with van der Waals surface area (Å²) in [5, 5.41) is 22.9. The Bertz CT molecular complexity index is 362. The lowest BCUT2D eigenvalue weighted by molar-refractivity contribution is 0.283. The van der Waals surface area contributed by atoms with Crippen molar-refractivity contribution >= 4 is 0 Å². The van der Waals surface area contributed by atoms with Crippen LogP contribution in [0.5, 0.6) is 11.5 Å². The molecule has 4 nitrogen and oxygen atoms in total. The lowest BCUT2D eigenvalue weighted by Gasteiger charge is -2.22. The molecule has 0 aliphatic heterocycles. The number of benzene rings is 1. The Balaban J connectivity index is 2.49. The number of rotatable bonds is 8. The zero-order chi connectivity index (χ0) is 14.3. The number of nitrogens with one attached hydrogen (secondary N) is 1. The predicted octanol–water partition coefficient (Wildman–Crippen LogP) is 2.48. The van der Waals surface area contributed by atoms with Crippen molar-refractivity contribution in [3.8, 4) is 11.5 Å². The number of phenolic OH excluding ortho intramolecular Hbond substituents is 2. The molecule has 0 aliphatic carbocycles. The maximum Gasteiger partial charge on any atom is 0.124 e. The standard InChI is InChI=1S/C15H26N2O2/c1-4-10-17(5-2)11-9-16-12(3)15-13(18)7-6-8-14(15)19/h6-8,12,16,18-19H,4-5,9-11H2,1-3H3. The molecule has 0 radical (unpaired) electrons. The molecule has 0 heterocycles. The van der Waals surface area contributed by atoms with E-state index in [1.165, 1.54) is 0 Å². The van der Waals surface area contributed by atoms with Crippen molar-refractivity contribution < 1.29 is 10.2 Å². The van der Waals surface area contributed by atoms with E-state index in [0.29, 0.717) is 5.56 Å². The summed E-state index contributed by atoms with van der Waals surface area (Å²) in [5.74, 6) is 0.279. The first-order chi connectivity index (χ1) is 9.10. The molecule has 1 aromatic rings. The van der Waals surface area contributed by atoms with Gasteiger partial charge in [0.1, 0.15) is 11.5 Å². The molecule has 1 atom stereocenters. The maximum absolute atomic E-state index is 9.79. The van der Waals surface area contributed by atoms with Crippen molar-refractivity contribution in [1.82, 2.24) is 10.2 Å². The number of nitrogens with zero attached hydrogens (tertiary/aromatic N) is 1. The molecule has 3 N–H and O–H groups in total. The van der Waals surface area contributed by atoms with Gasteiger partial charge in [0, 0.05) is 19.1 Å². The van der Waals surface area contributed by atoms with Crippen LogP contribution >= 0.6 is 0 Å². The Kier molecular flexibility index (Phi) is 6.67. The quantitative estimate of drug-likeness (QED) is 0.676. The zero-order valence-corrected chi connectivity index (χ0v) is 12.2. The van der Waals surface area contributed by atoms with Crippen LogP contribution in [0.4, 0.5) is 0 Å². The number of phenols is 2. The van der Waals surface area contributed by atoms with Gasteiger partial charge in [-0.2, -0.15) is 0 Å². The third-order valence-electron chi connectivity index (χ3n) is 3.36. The van der Waals surface area contributed by atoms with Crippen LogP contribution in [0.25, 0.3) is 0 Å². The normalized spacial score (nSPS) is 12.8. The highest BCUT2D eigenvalue weighted by atomic mass is 16.3. The number of hydrogen-bond acceptors (Lipinski definition) is 4. The smallest absolute Gasteiger partial charge is 0.124 e. The predicted molar refractivity (Wildman–Crippen MR) is 78.6 cm³/mol. The van der Waals surface area contributed by atoms with Gasteiger partial charge < -0.3 is 20.4 Å². The molecular weight excluding hydrogens is 240 g/mol. The van der Waals surface area contributed by atoms with E-state index in [9.17, 15) is 10.2 Å². The molecule has 0 saturated heterocycles. The van der Waals surface area contributed by atoms with E-state index in [0.717, 1.165) is 32.6 Å². The minimum atomic E-state index is -0.0680. The number of likely N-dealkylation sites (N-methyl/N-ethyl adjacent to an activating group) is 1. The summed E-state index contributed by atoms with van der Waals surface area (Å²) >= 11 is 0. The average Bonchev–Trinajstić information content (AvgIpc) is 2.37. The molecule has 108 valence electrons. The van der Waals surface area contributed by atoms with Gasteiger partial charge >= 0.3 is 0 Å². The average molecular weight is 266 g/mol. The fourth-order valence-corrected chi connectivity index (χ4v) is 2.27. The highest BCUT2D eigenvalue weighted by Gasteiger charge is 2.14. The summed E-state index contributed by atoms with van der Waals surface area (Å²) in [4.78, 5) is 2.38. The van der Waals surface area contributed by atoms with Crippen molar-refractivity contribution in [3.63, 3.8) is 0 Å². The second-order valence-electron chi connectivity index (χ2n) is 4.82. The Morgan fingerprint density at radius 3 is 2.32 bits per heavy atom. The molecular formula is C15H26N2O2. The van der Waals surface area contributed by atoms with E-state index < -0.39 is 0 Å². The topological polar surface area (TPSA) is 55.7 Å². The van der Waals surface area contributed by atoms with Crippen molar-refractivity contribution in [1.29, 1.82) is 0 Å². The van der Waals surface area contributed by atoms with Crippen molar-refractivity contribution in [3.05, 3.63) is 23.8 Å². The molecule has 4 heteroatoms. The molecule has 0 spiro atoms. The van der Waals surface area contributed by atoms with Gasteiger partial charge in [0.05, 0.1) is 5.56 Å². The Morgan fingerprint density at radius 1 is 1.16 bits per heavy atom. The van der Waals surface area contributed by atoms with E-state index in [1.54, 1.807) is 18.2 Å². The summed E-state index contributed by atoms with van der Waals surface area (Å²) in [5.41, 5.74) is 0.570. The molecule has 1 unspecified atom stereocenters. The van der Waals surface area contributed by atoms with Crippen LogP contribution in [0.2, 0.25) is 0 Å². The summed E-state index contributed by atoms with van der Waals surface area (Å²) in [6.07, 6.45) is 1.16. The molecule has 0 amide bonds. The molecule has 1 aromatic carbocycles. The summed E-state index contributed by atoms with van der Waals surface area (Å²) in [6, 6.07) is 4.77. The van der Waals surface area contributed by atoms with Crippen molar-refractivity contribution in [2.75, 3.05) is 26.2 Å². The lowest BCUT2D eigenvalue weighted by atomic mass is 10.1. The van der Waals surface area contributed by atoms with Crippen LogP contribution in [-0.4, -0.2) is 41.3 Å². The van der Waals surface area contributed by atoms with Crippen molar-refractivity contribution in [2.24, 2.45) is 0 Å². The van der Waals surface area contributed by atoms with Crippen LogP contribution in [0, 0.1) is 0 Å². The van der Waals surface area contributed by atoms with Crippen LogP contribution in [0.15, 0.2) is 18.2 Å². The van der Waals surface area contributed by atoms with E-state index >= 15 is 0 Å². The largest absolute Gasteiger partial charge is 0.507 e. The third kappa shape index (κ3) is 4.73. The third-order valence-corrected chi connectivity index (χ3v) is 3.36. The van der Waals surface area contributed by atoms with Gasteiger partial charge in [0.15, 0.2) is 0 Å². The number of aromatic hydroxyl groups is 2. The first kappa shape index (κ1) is 15.8. The van der Waals surface area contributed by atoms with Crippen LogP contribution < -0.4 is 5.32 Å². The first-order valence-electron chi connectivity index (χ1n) is 7.06. The molecule has 0 aliphatic rings. The molecule has 0 bridgehead atoms. The Morgan fingerprint density at radius 2 is 1.79 bits per heavy atom. The summed E-state index contributed by atoms with van der Waals surface area (Å²) < 4.78 is 0. The van der Waals surface area contributed by atoms with E-state index in [4.69, 9.17) is 0 Å². The minimum absolute atomic E-state index is 0.0680. The number of hydrogen-bond donors (Lipinski definition) is 3. The maximum atomic E-state index is 9.79. The Hall–Kier alpha value is -1.26. The van der Waals surface area contributed by atoms with Gasteiger partial charge in [-0.05, 0) is 38.6 Å². The highest BCUT2D eigenvalue weighted by molar-refractivity contribution is 5.44. The van der Waals surface area contributed by atoms with E-state index in [1.807, 2.05) is 6.92 Å². The van der Waals surface area contributed by atoms with Gasteiger partial charge in [-0.25, -0.2) is 0 Å². The van der Waals surface area contributed by atoms with Crippen LogP contribution in [0.1, 0.15) is 38.8 Å². The fourth-order valence-electron chi connectivity index (χ4n) is 2.27. The van der Waals surface area contributed by atoms with E-state index in [2.05, 4.69) is 24.1 Å². The lowest BCUT2D eigenvalue weighted by Crippen LogP contribution is -2.33. The molecule has 0 aromatic heterocycles. The SMILES string of the molecule is CCCN(CC)CCNC(C)c1c(O)cccc1O. The van der Waals surface area contributed by atoms with Gasteiger partial charge in [0.25, 0.3) is 0 Å². The second kappa shape index (κ2) is 8.02. The van der Waals surface area contributed by atoms with Crippen molar-refractivity contribution in [2.45, 2.75) is 33.2 Å². The fraction of sp³-hybridized carbons (Fsp3) is 0.600. The van der Waals surface area contributed by atoms with Gasteiger partial charge in [-0.3, -0.25) is 0 Å². The molecule has 0 fully saturated rings. The minimum Gasteiger partial charge on any atom is -0.507 e. The summed E-state index contributed by atoms with van der Waals surface area (Å²) in [6.45, 7) is 10.3. The van der Waals surface area contributed by atoms with Gasteiger partial charge in [0.2, 0.25) is 0 Å². The highest BCUT2D eigenvalue weighted by Crippen LogP contribution is 2.31.